The number of Topliss-reactive ketones (excluding diaryl/α,β-unsaturated/α-hetero) is 1. The van der Waals surface area contributed by atoms with Crippen LogP contribution >= 0.6 is 0 Å². The van der Waals surface area contributed by atoms with E-state index in [0.29, 0.717) is 0 Å². The molecule has 5 atom stereocenters. The summed E-state index contributed by atoms with van der Waals surface area (Å²) in [6.07, 6.45) is 2.09. The van der Waals surface area contributed by atoms with Crippen molar-refractivity contribution in [3.63, 3.8) is 0 Å². The van der Waals surface area contributed by atoms with Crippen LogP contribution in [-0.4, -0.2) is 45.4 Å². The van der Waals surface area contributed by atoms with Crippen LogP contribution in [-0.2, 0) is 18.8 Å². The number of hydrogen-bond donors (Lipinski definition) is 1. The van der Waals surface area contributed by atoms with Gasteiger partial charge >= 0.3 is 0 Å². The molecular weight excluding hydrogens is 322 g/mol. The zero-order chi connectivity index (χ0) is 18.3. The van der Waals surface area contributed by atoms with Gasteiger partial charge in [-0.15, -0.1) is 0 Å². The molecule has 24 heavy (non-hydrogen) atoms. The van der Waals surface area contributed by atoms with Crippen LogP contribution in [0.25, 0.3) is 0 Å². The number of β-lactam (4-membered cyclic amide) rings is 1. The molecule has 1 aliphatic heterocycles. The first-order chi connectivity index (χ1) is 11.0. The fourth-order valence-corrected chi connectivity index (χ4v) is 5.05. The average Bonchev–Trinajstić information content (AvgIpc) is 2.43. The van der Waals surface area contributed by atoms with Crippen molar-refractivity contribution in [2.45, 2.75) is 83.3 Å². The van der Waals surface area contributed by atoms with Crippen molar-refractivity contribution in [2.24, 2.45) is 11.8 Å². The first-order valence-corrected chi connectivity index (χ1v) is 11.9. The van der Waals surface area contributed by atoms with Crippen molar-refractivity contribution < 1.29 is 18.8 Å². The molecule has 6 heteroatoms. The number of hydrogen-bond acceptors (Lipinski definition) is 4. The maximum absolute atomic E-state index is 12.6. The van der Waals surface area contributed by atoms with E-state index in [1.807, 2.05) is 6.92 Å². The Morgan fingerprint density at radius 3 is 2.33 bits per heavy atom. The van der Waals surface area contributed by atoms with E-state index in [4.69, 9.17) is 9.16 Å². The second-order valence-corrected chi connectivity index (χ2v) is 13.6. The van der Waals surface area contributed by atoms with Gasteiger partial charge in [-0.3, -0.25) is 9.59 Å². The van der Waals surface area contributed by atoms with Crippen LogP contribution in [0.2, 0.25) is 18.1 Å². The molecule has 0 unspecified atom stereocenters. The summed E-state index contributed by atoms with van der Waals surface area (Å²) in [6.45, 7) is 13.0. The summed E-state index contributed by atoms with van der Waals surface area (Å²) in [5.74, 6) is -0.225. The Hall–Kier alpha value is -0.723. The van der Waals surface area contributed by atoms with Crippen LogP contribution in [0, 0.1) is 11.8 Å². The van der Waals surface area contributed by atoms with Gasteiger partial charge in [0.25, 0.3) is 0 Å². The average molecular weight is 356 g/mol. The Morgan fingerprint density at radius 1 is 1.21 bits per heavy atom. The molecule has 1 aliphatic carbocycles. The molecule has 2 aliphatic rings. The molecule has 0 aromatic rings. The summed E-state index contributed by atoms with van der Waals surface area (Å²) in [5, 5.41) is 3.06. The van der Waals surface area contributed by atoms with Crippen molar-refractivity contribution >= 4 is 20.0 Å². The fourth-order valence-electron chi connectivity index (χ4n) is 3.62. The van der Waals surface area contributed by atoms with Gasteiger partial charge in [0.15, 0.2) is 14.1 Å². The standard InChI is InChI=1S/C18H33NO4Si/c1-11(23-24(6,7)18(2,3)4)14-15(19-17(14)21)12-9-8-10-13(22-5)16(12)20/h11-15H,8-10H2,1-7H3,(H,19,21)/t11-,12-,13+,14-,15-/m1/s1. The zero-order valence-corrected chi connectivity index (χ0v) is 17.1. The minimum atomic E-state index is -1.95. The maximum atomic E-state index is 12.6. The van der Waals surface area contributed by atoms with E-state index in [9.17, 15) is 9.59 Å². The van der Waals surface area contributed by atoms with E-state index in [0.717, 1.165) is 19.3 Å². The minimum Gasteiger partial charge on any atom is -0.413 e. The quantitative estimate of drug-likeness (QED) is 0.608. The van der Waals surface area contributed by atoms with Gasteiger partial charge in [-0.2, -0.15) is 0 Å². The highest BCUT2D eigenvalue weighted by atomic mass is 28.4. The third-order valence-electron chi connectivity index (χ3n) is 6.17. The van der Waals surface area contributed by atoms with Gasteiger partial charge < -0.3 is 14.5 Å². The molecule has 0 aromatic carbocycles. The molecule has 1 heterocycles. The van der Waals surface area contributed by atoms with Gasteiger partial charge in [0.1, 0.15) is 6.10 Å². The summed E-state index contributed by atoms with van der Waals surface area (Å²) < 4.78 is 11.7. The summed E-state index contributed by atoms with van der Waals surface area (Å²) in [7, 11) is -0.361. The smallest absolute Gasteiger partial charge is 0.228 e. The second kappa shape index (κ2) is 6.88. The number of nitrogens with one attached hydrogen (secondary N) is 1. The lowest BCUT2D eigenvalue weighted by atomic mass is 9.71. The number of carbonyl (C=O) groups excluding carboxylic acids is 2. The summed E-state index contributed by atoms with van der Waals surface area (Å²) in [5.41, 5.74) is 0. The van der Waals surface area contributed by atoms with Gasteiger partial charge in [-0.25, -0.2) is 0 Å². The van der Waals surface area contributed by atoms with E-state index in [2.05, 4.69) is 39.2 Å². The van der Waals surface area contributed by atoms with E-state index >= 15 is 0 Å². The van der Waals surface area contributed by atoms with Gasteiger partial charge in [0, 0.05) is 13.0 Å². The molecule has 0 aromatic heterocycles. The van der Waals surface area contributed by atoms with Gasteiger partial charge in [0.05, 0.1) is 18.1 Å². The Morgan fingerprint density at radius 2 is 1.83 bits per heavy atom. The largest absolute Gasteiger partial charge is 0.413 e. The SMILES string of the molecule is CO[C@H]1CCC[C@H]([C@H]2NC(=O)[C@@H]2[C@@H](C)O[Si](C)(C)C(C)(C)C)C1=O. The molecule has 1 saturated carbocycles. The molecule has 138 valence electrons. The molecule has 0 spiro atoms. The lowest BCUT2D eigenvalue weighted by Crippen LogP contribution is -2.68. The molecule has 2 fully saturated rings. The van der Waals surface area contributed by atoms with Gasteiger partial charge in [-0.1, -0.05) is 20.8 Å². The third kappa shape index (κ3) is 3.60. The topological polar surface area (TPSA) is 64.6 Å². The van der Waals surface area contributed by atoms with Gasteiger partial charge in [0.2, 0.25) is 5.91 Å². The van der Waals surface area contributed by atoms with Crippen LogP contribution < -0.4 is 5.32 Å². The zero-order valence-electron chi connectivity index (χ0n) is 16.1. The number of carbonyl (C=O) groups is 2. The monoisotopic (exact) mass is 355 g/mol. The number of ketones is 1. The van der Waals surface area contributed by atoms with Crippen molar-refractivity contribution in [3.8, 4) is 0 Å². The normalized spacial score (nSPS) is 33.0. The third-order valence-corrected chi connectivity index (χ3v) is 10.7. The van der Waals surface area contributed by atoms with Crippen molar-refractivity contribution in [2.75, 3.05) is 7.11 Å². The molecule has 0 bridgehead atoms. The lowest BCUT2D eigenvalue weighted by molar-refractivity contribution is -0.149. The van der Waals surface area contributed by atoms with E-state index in [1.165, 1.54) is 0 Å². The first-order valence-electron chi connectivity index (χ1n) is 9.04. The predicted octanol–water partition coefficient (Wildman–Crippen LogP) is 2.90. The molecular formula is C18H33NO4Si. The molecule has 1 amide bonds. The van der Waals surface area contributed by atoms with Crippen LogP contribution in [0.3, 0.4) is 0 Å². The molecule has 0 radical (unpaired) electrons. The molecule has 2 rings (SSSR count). The second-order valence-electron chi connectivity index (χ2n) is 8.81. The maximum Gasteiger partial charge on any atom is 0.228 e. The Labute approximate surface area is 147 Å². The van der Waals surface area contributed by atoms with Crippen molar-refractivity contribution in [1.82, 2.24) is 5.32 Å². The highest BCUT2D eigenvalue weighted by molar-refractivity contribution is 6.74. The Bertz CT molecular complexity index is 500. The van der Waals surface area contributed by atoms with Crippen molar-refractivity contribution in [3.05, 3.63) is 0 Å². The first kappa shape index (κ1) is 19.6. The Kier molecular flexibility index (Phi) is 5.62. The minimum absolute atomic E-state index is 0.0125. The molecule has 5 nitrogen and oxygen atoms in total. The predicted molar refractivity (Wildman–Crippen MR) is 96.3 cm³/mol. The van der Waals surface area contributed by atoms with Crippen LogP contribution in [0.15, 0.2) is 0 Å². The lowest BCUT2D eigenvalue weighted by Gasteiger charge is -2.48. The van der Waals surface area contributed by atoms with E-state index in [1.54, 1.807) is 7.11 Å². The Balaban J connectivity index is 2.09. The highest BCUT2D eigenvalue weighted by Crippen LogP contribution is 2.40. The highest BCUT2D eigenvalue weighted by Gasteiger charge is 2.52. The van der Waals surface area contributed by atoms with Crippen molar-refractivity contribution in [1.29, 1.82) is 0 Å². The number of rotatable bonds is 5. The number of ether oxygens (including phenoxy) is 1. The van der Waals surface area contributed by atoms with Crippen LogP contribution in [0.1, 0.15) is 47.0 Å². The van der Waals surface area contributed by atoms with E-state index < -0.39 is 8.32 Å². The summed E-state index contributed by atoms with van der Waals surface area (Å²) in [4.78, 5) is 24.8. The fraction of sp³-hybridized carbons (Fsp3) is 0.889. The summed E-state index contributed by atoms with van der Waals surface area (Å²) >= 11 is 0. The molecule has 1 N–H and O–H groups in total. The van der Waals surface area contributed by atoms with Gasteiger partial charge in [-0.05, 0) is 44.3 Å². The van der Waals surface area contributed by atoms with Crippen LogP contribution in [0.4, 0.5) is 0 Å². The number of amides is 1. The number of methoxy groups -OCH3 is 1. The van der Waals surface area contributed by atoms with E-state index in [-0.39, 0.29) is 46.8 Å². The summed E-state index contributed by atoms with van der Waals surface area (Å²) in [6, 6.07) is -0.109. The van der Waals surface area contributed by atoms with Crippen LogP contribution in [0.5, 0.6) is 0 Å². The molecule has 1 saturated heterocycles.